The van der Waals surface area contributed by atoms with E-state index in [1.165, 1.54) is 0 Å². The molecule has 1 aliphatic rings. The van der Waals surface area contributed by atoms with E-state index < -0.39 is 9.84 Å². The summed E-state index contributed by atoms with van der Waals surface area (Å²) < 4.78 is 22.7. The number of sulfone groups is 1. The standard InChI is InChI=1S/C15H23N3O3S/c1-18(2)14-5-3-12(4-6-14)9-16-15(19)17-10-13-7-8-22(20,21)11-13/h3-6,13H,7-11H2,1-2H3,(H2,16,17,19)/t13-/m1/s1. The largest absolute Gasteiger partial charge is 0.378 e. The zero-order valence-corrected chi connectivity index (χ0v) is 13.8. The van der Waals surface area contributed by atoms with Crippen molar-refractivity contribution >= 4 is 21.6 Å². The monoisotopic (exact) mass is 325 g/mol. The third kappa shape index (κ3) is 4.91. The number of carbonyl (C=O) groups is 1. The van der Waals surface area contributed by atoms with Crippen molar-refractivity contribution < 1.29 is 13.2 Å². The minimum atomic E-state index is -2.89. The Morgan fingerprint density at radius 2 is 1.91 bits per heavy atom. The summed E-state index contributed by atoms with van der Waals surface area (Å²) >= 11 is 0. The fraction of sp³-hybridized carbons (Fsp3) is 0.533. The molecule has 1 aliphatic heterocycles. The van der Waals surface area contributed by atoms with Crippen molar-refractivity contribution in [1.82, 2.24) is 10.6 Å². The van der Waals surface area contributed by atoms with E-state index >= 15 is 0 Å². The van der Waals surface area contributed by atoms with Gasteiger partial charge in [0.25, 0.3) is 0 Å². The van der Waals surface area contributed by atoms with Gasteiger partial charge < -0.3 is 15.5 Å². The van der Waals surface area contributed by atoms with Crippen LogP contribution in [0.4, 0.5) is 10.5 Å². The van der Waals surface area contributed by atoms with Gasteiger partial charge in [0.2, 0.25) is 0 Å². The average Bonchev–Trinajstić information content (AvgIpc) is 2.82. The second-order valence-electron chi connectivity index (χ2n) is 5.89. The first-order valence-corrected chi connectivity index (χ1v) is 9.16. The summed E-state index contributed by atoms with van der Waals surface area (Å²) in [7, 11) is 1.07. The molecular formula is C15H23N3O3S. The fourth-order valence-electron chi connectivity index (χ4n) is 2.43. The molecule has 1 saturated heterocycles. The summed E-state index contributed by atoms with van der Waals surface area (Å²) in [5.74, 6) is 0.452. The molecule has 1 atom stereocenters. The number of anilines is 1. The second kappa shape index (κ2) is 7.00. The molecule has 0 radical (unpaired) electrons. The molecule has 0 aliphatic carbocycles. The molecular weight excluding hydrogens is 302 g/mol. The van der Waals surface area contributed by atoms with Crippen molar-refractivity contribution in [3.8, 4) is 0 Å². The molecule has 0 bridgehead atoms. The number of nitrogens with zero attached hydrogens (tertiary/aromatic N) is 1. The maximum absolute atomic E-state index is 11.7. The van der Waals surface area contributed by atoms with Gasteiger partial charge in [0, 0.05) is 32.9 Å². The number of carbonyl (C=O) groups excluding carboxylic acids is 1. The van der Waals surface area contributed by atoms with Crippen LogP contribution < -0.4 is 15.5 Å². The Morgan fingerprint density at radius 1 is 1.23 bits per heavy atom. The number of amides is 2. The van der Waals surface area contributed by atoms with Crippen LogP contribution in [0.2, 0.25) is 0 Å². The Bertz CT molecular complexity index is 611. The highest BCUT2D eigenvalue weighted by atomic mass is 32.2. The van der Waals surface area contributed by atoms with Crippen molar-refractivity contribution in [3.63, 3.8) is 0 Å². The van der Waals surface area contributed by atoms with Crippen LogP contribution in [0, 0.1) is 5.92 Å². The maximum atomic E-state index is 11.7. The molecule has 2 rings (SSSR count). The number of hydrogen-bond acceptors (Lipinski definition) is 4. The maximum Gasteiger partial charge on any atom is 0.315 e. The molecule has 122 valence electrons. The molecule has 0 spiro atoms. The highest BCUT2D eigenvalue weighted by Gasteiger charge is 2.27. The quantitative estimate of drug-likeness (QED) is 0.846. The van der Waals surface area contributed by atoms with Crippen LogP contribution >= 0.6 is 0 Å². The minimum absolute atomic E-state index is 0.0372. The van der Waals surface area contributed by atoms with Crippen LogP contribution in [0.25, 0.3) is 0 Å². The Hall–Kier alpha value is -1.76. The Labute approximate surface area is 131 Å². The van der Waals surface area contributed by atoms with Gasteiger partial charge in [-0.1, -0.05) is 12.1 Å². The van der Waals surface area contributed by atoms with Crippen molar-refractivity contribution in [1.29, 1.82) is 0 Å². The van der Waals surface area contributed by atoms with E-state index in [1.54, 1.807) is 0 Å². The molecule has 6 nitrogen and oxygen atoms in total. The molecule has 2 N–H and O–H groups in total. The number of hydrogen-bond donors (Lipinski definition) is 2. The molecule has 1 aromatic carbocycles. The van der Waals surface area contributed by atoms with Gasteiger partial charge >= 0.3 is 6.03 Å². The van der Waals surface area contributed by atoms with E-state index in [1.807, 2.05) is 43.3 Å². The summed E-state index contributed by atoms with van der Waals surface area (Å²) in [4.78, 5) is 13.7. The molecule has 1 heterocycles. The molecule has 1 aromatic rings. The summed E-state index contributed by atoms with van der Waals surface area (Å²) in [6, 6.07) is 7.68. The first kappa shape index (κ1) is 16.6. The van der Waals surface area contributed by atoms with E-state index in [0.29, 0.717) is 19.5 Å². The smallest absolute Gasteiger partial charge is 0.315 e. The fourth-order valence-corrected chi connectivity index (χ4v) is 4.29. The topological polar surface area (TPSA) is 78.5 Å². The molecule has 7 heteroatoms. The second-order valence-corrected chi connectivity index (χ2v) is 8.12. The average molecular weight is 325 g/mol. The van der Waals surface area contributed by atoms with Crippen LogP contribution in [0.1, 0.15) is 12.0 Å². The van der Waals surface area contributed by atoms with Crippen LogP contribution in [0.5, 0.6) is 0 Å². The predicted octanol–water partition coefficient (Wildman–Crippen LogP) is 0.987. The van der Waals surface area contributed by atoms with Crippen LogP contribution in [-0.2, 0) is 16.4 Å². The van der Waals surface area contributed by atoms with Gasteiger partial charge in [0.15, 0.2) is 9.84 Å². The van der Waals surface area contributed by atoms with Gasteiger partial charge in [-0.25, -0.2) is 13.2 Å². The summed E-state index contributed by atoms with van der Waals surface area (Å²) in [5, 5.41) is 5.52. The number of nitrogens with one attached hydrogen (secondary N) is 2. The van der Waals surface area contributed by atoms with Crippen molar-refractivity contribution in [2.45, 2.75) is 13.0 Å². The highest BCUT2D eigenvalue weighted by Crippen LogP contribution is 2.17. The first-order chi connectivity index (χ1) is 10.4. The van der Waals surface area contributed by atoms with E-state index in [-0.39, 0.29) is 23.5 Å². The SMILES string of the molecule is CN(C)c1ccc(CNC(=O)NC[C@H]2CCS(=O)(=O)C2)cc1. The lowest BCUT2D eigenvalue weighted by Gasteiger charge is -2.13. The van der Waals surface area contributed by atoms with Crippen LogP contribution in [-0.4, -0.2) is 46.6 Å². The zero-order chi connectivity index (χ0) is 16.2. The van der Waals surface area contributed by atoms with E-state index in [0.717, 1.165) is 11.3 Å². The molecule has 2 amide bonds. The van der Waals surface area contributed by atoms with Gasteiger partial charge in [-0.2, -0.15) is 0 Å². The number of rotatable bonds is 5. The Balaban J connectivity index is 1.71. The summed E-state index contributed by atoms with van der Waals surface area (Å²) in [6.07, 6.45) is 0.634. The van der Waals surface area contributed by atoms with Gasteiger partial charge in [0.05, 0.1) is 11.5 Å². The van der Waals surface area contributed by atoms with Crippen LogP contribution in [0.15, 0.2) is 24.3 Å². The molecule has 0 saturated carbocycles. The van der Waals surface area contributed by atoms with E-state index in [2.05, 4.69) is 10.6 Å². The zero-order valence-electron chi connectivity index (χ0n) is 13.0. The van der Waals surface area contributed by atoms with Crippen molar-refractivity contribution in [3.05, 3.63) is 29.8 Å². The van der Waals surface area contributed by atoms with E-state index in [9.17, 15) is 13.2 Å². The van der Waals surface area contributed by atoms with Crippen molar-refractivity contribution in [2.24, 2.45) is 5.92 Å². The van der Waals surface area contributed by atoms with Crippen LogP contribution in [0.3, 0.4) is 0 Å². The predicted molar refractivity (Wildman–Crippen MR) is 87.8 cm³/mol. The van der Waals surface area contributed by atoms with Crippen molar-refractivity contribution in [2.75, 3.05) is 37.0 Å². The summed E-state index contributed by atoms with van der Waals surface area (Å²) in [6.45, 7) is 0.854. The third-order valence-corrected chi connectivity index (χ3v) is 5.62. The highest BCUT2D eigenvalue weighted by molar-refractivity contribution is 7.91. The first-order valence-electron chi connectivity index (χ1n) is 7.34. The Morgan fingerprint density at radius 3 is 2.45 bits per heavy atom. The summed E-state index contributed by atoms with van der Waals surface area (Å²) in [5.41, 5.74) is 2.12. The lowest BCUT2D eigenvalue weighted by molar-refractivity contribution is 0.239. The third-order valence-electron chi connectivity index (χ3n) is 3.78. The van der Waals surface area contributed by atoms with Gasteiger partial charge in [0.1, 0.15) is 0 Å². The molecule has 0 unspecified atom stereocenters. The molecule has 22 heavy (non-hydrogen) atoms. The lowest BCUT2D eigenvalue weighted by atomic mass is 10.1. The van der Waals surface area contributed by atoms with Gasteiger partial charge in [-0.15, -0.1) is 0 Å². The normalized spacial score (nSPS) is 19.6. The lowest BCUT2D eigenvalue weighted by Crippen LogP contribution is -2.38. The molecule has 0 aromatic heterocycles. The number of benzene rings is 1. The Kier molecular flexibility index (Phi) is 5.28. The molecule has 1 fully saturated rings. The number of urea groups is 1. The van der Waals surface area contributed by atoms with Gasteiger partial charge in [-0.3, -0.25) is 0 Å². The van der Waals surface area contributed by atoms with E-state index in [4.69, 9.17) is 0 Å². The minimum Gasteiger partial charge on any atom is -0.378 e. The van der Waals surface area contributed by atoms with Gasteiger partial charge in [-0.05, 0) is 30.0 Å².